The van der Waals surface area contributed by atoms with Crippen LogP contribution in [0.5, 0.6) is 0 Å². The third-order valence-corrected chi connectivity index (χ3v) is 3.82. The largest absolute Gasteiger partial charge is 0.465 e. The molecule has 2 aromatic rings. The molecule has 0 spiro atoms. The number of carbonyl (C=O) groups excluding carboxylic acids is 1. The Balaban J connectivity index is 1.79. The van der Waals surface area contributed by atoms with Crippen molar-refractivity contribution in [3.05, 3.63) is 41.8 Å². The number of nitrogens with zero attached hydrogens (tertiary/aromatic N) is 3. The Labute approximate surface area is 122 Å². The van der Waals surface area contributed by atoms with E-state index in [0.29, 0.717) is 37.6 Å². The summed E-state index contributed by atoms with van der Waals surface area (Å²) in [4.78, 5) is 20.8. The van der Waals surface area contributed by atoms with Gasteiger partial charge in [0.1, 0.15) is 5.41 Å². The van der Waals surface area contributed by atoms with Crippen LogP contribution >= 0.6 is 0 Å². The standard InChI is InChI=1S/C15H17N3O3/c1-2-20-14(19)15(7-5-8-15)13-17-12(18-21-13)10-11-6-3-4-9-16-11/h3-4,6,9H,2,5,7-8,10H2,1H3. The van der Waals surface area contributed by atoms with E-state index >= 15 is 0 Å². The first-order chi connectivity index (χ1) is 10.2. The van der Waals surface area contributed by atoms with Gasteiger partial charge in [0.25, 0.3) is 0 Å². The van der Waals surface area contributed by atoms with Gasteiger partial charge in [-0.15, -0.1) is 0 Å². The minimum atomic E-state index is -0.731. The molecule has 0 aliphatic heterocycles. The minimum absolute atomic E-state index is 0.260. The fourth-order valence-electron chi connectivity index (χ4n) is 2.49. The molecule has 1 aliphatic carbocycles. The van der Waals surface area contributed by atoms with Crippen LogP contribution in [0, 0.1) is 0 Å². The van der Waals surface area contributed by atoms with Crippen molar-refractivity contribution in [2.75, 3.05) is 6.61 Å². The zero-order valence-electron chi connectivity index (χ0n) is 11.9. The van der Waals surface area contributed by atoms with E-state index in [1.807, 2.05) is 18.2 Å². The van der Waals surface area contributed by atoms with E-state index in [1.54, 1.807) is 13.1 Å². The molecule has 0 saturated heterocycles. The maximum Gasteiger partial charge on any atom is 0.321 e. The van der Waals surface area contributed by atoms with Crippen molar-refractivity contribution in [1.82, 2.24) is 15.1 Å². The molecule has 0 atom stereocenters. The van der Waals surface area contributed by atoms with E-state index < -0.39 is 5.41 Å². The molecule has 1 fully saturated rings. The molecule has 1 aliphatic rings. The van der Waals surface area contributed by atoms with Crippen LogP contribution in [0.2, 0.25) is 0 Å². The van der Waals surface area contributed by atoms with Gasteiger partial charge in [-0.2, -0.15) is 4.98 Å². The number of hydrogen-bond acceptors (Lipinski definition) is 6. The second-order valence-corrected chi connectivity index (χ2v) is 5.17. The summed E-state index contributed by atoms with van der Waals surface area (Å²) in [6, 6.07) is 5.67. The molecule has 2 heterocycles. The summed E-state index contributed by atoms with van der Waals surface area (Å²) < 4.78 is 10.5. The summed E-state index contributed by atoms with van der Waals surface area (Å²) in [5.41, 5.74) is 0.134. The van der Waals surface area contributed by atoms with Gasteiger partial charge in [-0.25, -0.2) is 0 Å². The summed E-state index contributed by atoms with van der Waals surface area (Å²) in [5.74, 6) is 0.654. The molecule has 6 nitrogen and oxygen atoms in total. The van der Waals surface area contributed by atoms with Gasteiger partial charge in [-0.05, 0) is 31.9 Å². The van der Waals surface area contributed by atoms with Crippen LogP contribution in [-0.2, 0) is 21.4 Å². The summed E-state index contributed by atoms with van der Waals surface area (Å²) >= 11 is 0. The van der Waals surface area contributed by atoms with Crippen molar-refractivity contribution in [3.8, 4) is 0 Å². The smallest absolute Gasteiger partial charge is 0.321 e. The van der Waals surface area contributed by atoms with Gasteiger partial charge >= 0.3 is 5.97 Å². The lowest BCUT2D eigenvalue weighted by Crippen LogP contribution is -2.44. The predicted octanol–water partition coefficient (Wildman–Crippen LogP) is 2.04. The Morgan fingerprint density at radius 3 is 2.90 bits per heavy atom. The molecule has 0 N–H and O–H groups in total. The van der Waals surface area contributed by atoms with Crippen LogP contribution in [-0.4, -0.2) is 27.7 Å². The van der Waals surface area contributed by atoms with Gasteiger partial charge in [-0.1, -0.05) is 17.6 Å². The van der Waals surface area contributed by atoms with Gasteiger partial charge in [-0.3, -0.25) is 9.78 Å². The van der Waals surface area contributed by atoms with Crippen molar-refractivity contribution < 1.29 is 14.1 Å². The van der Waals surface area contributed by atoms with Gasteiger partial charge in [0, 0.05) is 11.9 Å². The van der Waals surface area contributed by atoms with E-state index in [9.17, 15) is 4.79 Å². The first-order valence-electron chi connectivity index (χ1n) is 7.15. The maximum absolute atomic E-state index is 12.2. The van der Waals surface area contributed by atoms with Crippen LogP contribution < -0.4 is 0 Å². The summed E-state index contributed by atoms with van der Waals surface area (Å²) in [5, 5.41) is 3.97. The van der Waals surface area contributed by atoms with Crippen molar-refractivity contribution in [3.63, 3.8) is 0 Å². The first kappa shape index (κ1) is 13.7. The highest BCUT2D eigenvalue weighted by molar-refractivity contribution is 5.83. The highest BCUT2D eigenvalue weighted by atomic mass is 16.5. The average molecular weight is 287 g/mol. The monoisotopic (exact) mass is 287 g/mol. The van der Waals surface area contributed by atoms with Gasteiger partial charge < -0.3 is 9.26 Å². The van der Waals surface area contributed by atoms with Crippen LogP contribution in [0.4, 0.5) is 0 Å². The molecule has 0 aromatic carbocycles. The summed E-state index contributed by atoms with van der Waals surface area (Å²) in [7, 11) is 0. The summed E-state index contributed by atoms with van der Waals surface area (Å²) in [6.45, 7) is 2.15. The highest BCUT2D eigenvalue weighted by Gasteiger charge is 2.51. The van der Waals surface area contributed by atoms with E-state index in [2.05, 4.69) is 15.1 Å². The lowest BCUT2D eigenvalue weighted by molar-refractivity contribution is -0.155. The lowest BCUT2D eigenvalue weighted by Gasteiger charge is -2.35. The third kappa shape index (κ3) is 2.53. The molecule has 0 amide bonds. The number of aromatic nitrogens is 3. The van der Waals surface area contributed by atoms with Crippen molar-refractivity contribution in [2.45, 2.75) is 38.0 Å². The second-order valence-electron chi connectivity index (χ2n) is 5.17. The third-order valence-electron chi connectivity index (χ3n) is 3.82. The molecule has 0 bridgehead atoms. The second kappa shape index (κ2) is 5.63. The lowest BCUT2D eigenvalue weighted by atomic mass is 9.68. The number of ether oxygens (including phenoxy) is 1. The van der Waals surface area contributed by atoms with Crippen LogP contribution in [0.3, 0.4) is 0 Å². The van der Waals surface area contributed by atoms with Crippen molar-refractivity contribution in [1.29, 1.82) is 0 Å². The zero-order chi connectivity index (χ0) is 14.7. The summed E-state index contributed by atoms with van der Waals surface area (Å²) in [6.07, 6.45) is 4.59. The molecular weight excluding hydrogens is 270 g/mol. The fourth-order valence-corrected chi connectivity index (χ4v) is 2.49. The molecular formula is C15H17N3O3. The van der Waals surface area contributed by atoms with E-state index in [1.165, 1.54) is 0 Å². The Morgan fingerprint density at radius 2 is 2.29 bits per heavy atom. The van der Waals surface area contributed by atoms with Crippen LogP contribution in [0.1, 0.15) is 43.6 Å². The molecule has 0 radical (unpaired) electrons. The van der Waals surface area contributed by atoms with Crippen molar-refractivity contribution in [2.24, 2.45) is 0 Å². The Hall–Kier alpha value is -2.24. The predicted molar refractivity (Wildman–Crippen MR) is 73.5 cm³/mol. The quantitative estimate of drug-likeness (QED) is 0.783. The molecule has 3 rings (SSSR count). The zero-order valence-corrected chi connectivity index (χ0v) is 11.9. The molecule has 2 aromatic heterocycles. The number of hydrogen-bond donors (Lipinski definition) is 0. The van der Waals surface area contributed by atoms with Gasteiger partial charge in [0.2, 0.25) is 5.89 Å². The van der Waals surface area contributed by atoms with Crippen molar-refractivity contribution >= 4 is 5.97 Å². The fraction of sp³-hybridized carbons (Fsp3) is 0.467. The topological polar surface area (TPSA) is 78.1 Å². The van der Waals surface area contributed by atoms with Crippen LogP contribution in [0.25, 0.3) is 0 Å². The first-order valence-corrected chi connectivity index (χ1v) is 7.15. The highest BCUT2D eigenvalue weighted by Crippen LogP contribution is 2.44. The van der Waals surface area contributed by atoms with E-state index in [-0.39, 0.29) is 5.97 Å². The number of esters is 1. The molecule has 110 valence electrons. The van der Waals surface area contributed by atoms with E-state index in [0.717, 1.165) is 12.1 Å². The molecule has 1 saturated carbocycles. The maximum atomic E-state index is 12.2. The average Bonchev–Trinajstić information content (AvgIpc) is 2.88. The SMILES string of the molecule is CCOC(=O)C1(c2nc(Cc3ccccn3)no2)CCC1. The molecule has 21 heavy (non-hydrogen) atoms. The Morgan fingerprint density at radius 1 is 1.43 bits per heavy atom. The van der Waals surface area contributed by atoms with Gasteiger partial charge in [0.05, 0.1) is 13.0 Å². The molecule has 0 unspecified atom stereocenters. The number of carbonyl (C=O) groups is 1. The van der Waals surface area contributed by atoms with E-state index in [4.69, 9.17) is 9.26 Å². The Bertz CT molecular complexity index is 620. The number of pyridine rings is 1. The Kier molecular flexibility index (Phi) is 3.68. The van der Waals surface area contributed by atoms with Crippen LogP contribution in [0.15, 0.2) is 28.9 Å². The minimum Gasteiger partial charge on any atom is -0.465 e. The normalized spacial score (nSPS) is 16.2. The number of rotatable bonds is 5. The van der Waals surface area contributed by atoms with Gasteiger partial charge in [0.15, 0.2) is 5.82 Å². The molecule has 6 heteroatoms.